The number of amides is 1. The number of anilines is 1. The molecule has 1 amide bonds. The van der Waals surface area contributed by atoms with Gasteiger partial charge in [-0.25, -0.2) is 8.42 Å². The van der Waals surface area contributed by atoms with E-state index in [1.807, 2.05) is 25.1 Å². The van der Waals surface area contributed by atoms with Crippen LogP contribution >= 0.6 is 0 Å². The molecule has 1 atom stereocenters. The average Bonchev–Trinajstić information content (AvgIpc) is 2.87. The first kappa shape index (κ1) is 24.6. The maximum atomic E-state index is 13.7. The molecule has 0 aromatic heterocycles. The number of aryl methyl sites for hydroxylation is 2. The van der Waals surface area contributed by atoms with Crippen LogP contribution in [0.1, 0.15) is 35.6 Å². The van der Waals surface area contributed by atoms with E-state index >= 15 is 0 Å². The summed E-state index contributed by atoms with van der Waals surface area (Å²) in [5.74, 6) is 0.458. The Morgan fingerprint density at radius 1 is 1.00 bits per heavy atom. The van der Waals surface area contributed by atoms with Gasteiger partial charge in [0.15, 0.2) is 11.5 Å². The molecular weight excluding hydrogens is 464 g/mol. The Hall–Kier alpha value is -3.52. The number of hydrogen-bond donors (Lipinski definition) is 1. The fourth-order valence-electron chi connectivity index (χ4n) is 4.41. The van der Waals surface area contributed by atoms with Gasteiger partial charge in [-0.2, -0.15) is 0 Å². The van der Waals surface area contributed by atoms with E-state index in [4.69, 9.17) is 9.47 Å². The lowest BCUT2D eigenvalue weighted by Gasteiger charge is -2.29. The van der Waals surface area contributed by atoms with Gasteiger partial charge in [-0.3, -0.25) is 9.10 Å². The number of ether oxygens (including phenoxy) is 2. The second kappa shape index (κ2) is 10.4. The lowest BCUT2D eigenvalue weighted by atomic mass is 9.88. The first-order valence-electron chi connectivity index (χ1n) is 11.5. The highest BCUT2D eigenvalue weighted by atomic mass is 32.2. The predicted octanol–water partition coefficient (Wildman–Crippen LogP) is 4.40. The van der Waals surface area contributed by atoms with Gasteiger partial charge in [0, 0.05) is 6.07 Å². The minimum atomic E-state index is -4.04. The number of methoxy groups -OCH3 is 2. The van der Waals surface area contributed by atoms with E-state index in [0.717, 1.165) is 34.7 Å². The van der Waals surface area contributed by atoms with Crippen LogP contribution in [-0.2, 0) is 21.2 Å². The molecule has 0 unspecified atom stereocenters. The van der Waals surface area contributed by atoms with Crippen molar-refractivity contribution in [2.75, 3.05) is 25.1 Å². The molecule has 0 radical (unpaired) electrons. The molecule has 184 valence electrons. The van der Waals surface area contributed by atoms with Crippen molar-refractivity contribution in [1.29, 1.82) is 0 Å². The maximum absolute atomic E-state index is 13.7. The Balaban J connectivity index is 1.67. The number of rotatable bonds is 8. The molecule has 0 heterocycles. The Bertz CT molecular complexity index is 1310. The highest BCUT2D eigenvalue weighted by Gasteiger charge is 2.29. The molecule has 0 saturated carbocycles. The monoisotopic (exact) mass is 494 g/mol. The number of nitrogens with one attached hydrogen (secondary N) is 1. The van der Waals surface area contributed by atoms with Crippen LogP contribution in [0.3, 0.4) is 0 Å². The second-order valence-corrected chi connectivity index (χ2v) is 10.4. The summed E-state index contributed by atoms with van der Waals surface area (Å²) in [5, 5.41) is 3.06. The molecule has 4 rings (SSSR count). The maximum Gasteiger partial charge on any atom is 0.264 e. The van der Waals surface area contributed by atoms with Gasteiger partial charge in [0.1, 0.15) is 6.54 Å². The summed E-state index contributed by atoms with van der Waals surface area (Å²) in [6, 6.07) is 19.3. The van der Waals surface area contributed by atoms with Crippen LogP contribution in [0.5, 0.6) is 11.5 Å². The summed E-state index contributed by atoms with van der Waals surface area (Å²) in [5.41, 5.74) is 3.55. The van der Waals surface area contributed by atoms with Gasteiger partial charge in [-0.1, -0.05) is 42.0 Å². The SMILES string of the molecule is COc1ccc(N(CC(=O)N[C@H]2CCCc3ccccc32)S(=O)(=O)c2ccc(C)cc2)cc1OC. The van der Waals surface area contributed by atoms with E-state index in [-0.39, 0.29) is 23.4 Å². The first-order valence-corrected chi connectivity index (χ1v) is 13.0. The molecule has 3 aromatic carbocycles. The van der Waals surface area contributed by atoms with Crippen molar-refractivity contribution in [3.8, 4) is 11.5 Å². The molecule has 0 aliphatic heterocycles. The minimum absolute atomic E-state index is 0.105. The Kier molecular flexibility index (Phi) is 7.31. The van der Waals surface area contributed by atoms with Crippen LogP contribution in [0.2, 0.25) is 0 Å². The fourth-order valence-corrected chi connectivity index (χ4v) is 5.82. The standard InChI is InChI=1S/C27H30N2O5S/c1-19-11-14-22(15-12-19)35(31,32)29(21-13-16-25(33-2)26(17-21)34-3)18-27(30)28-24-10-6-8-20-7-4-5-9-23(20)24/h4-5,7,9,11-17,24H,6,8,10,18H2,1-3H3,(H,28,30)/t24-/m0/s1. The molecule has 0 spiro atoms. The van der Waals surface area contributed by atoms with Gasteiger partial charge < -0.3 is 14.8 Å². The summed E-state index contributed by atoms with van der Waals surface area (Å²) in [4.78, 5) is 13.3. The number of hydrogen-bond acceptors (Lipinski definition) is 5. The van der Waals surface area contributed by atoms with Gasteiger partial charge in [-0.15, -0.1) is 0 Å². The normalized spacial score (nSPS) is 15.1. The highest BCUT2D eigenvalue weighted by Crippen LogP contribution is 2.34. The Morgan fingerprint density at radius 3 is 2.43 bits per heavy atom. The van der Waals surface area contributed by atoms with Crippen LogP contribution < -0.4 is 19.1 Å². The van der Waals surface area contributed by atoms with Crippen LogP contribution in [0.15, 0.2) is 71.6 Å². The van der Waals surface area contributed by atoms with E-state index in [0.29, 0.717) is 17.2 Å². The summed E-state index contributed by atoms with van der Waals surface area (Å²) in [6.45, 7) is 1.52. The van der Waals surface area contributed by atoms with Crippen molar-refractivity contribution in [2.24, 2.45) is 0 Å². The van der Waals surface area contributed by atoms with E-state index < -0.39 is 10.0 Å². The Labute approximate surface area is 206 Å². The number of carbonyl (C=O) groups excluding carboxylic acids is 1. The lowest BCUT2D eigenvalue weighted by Crippen LogP contribution is -2.42. The van der Waals surface area contributed by atoms with Crippen molar-refractivity contribution >= 4 is 21.6 Å². The number of nitrogens with zero attached hydrogens (tertiary/aromatic N) is 1. The smallest absolute Gasteiger partial charge is 0.264 e. The van der Waals surface area contributed by atoms with Crippen molar-refractivity contribution in [2.45, 2.75) is 37.1 Å². The fraction of sp³-hybridized carbons (Fsp3) is 0.296. The van der Waals surface area contributed by atoms with Gasteiger partial charge in [0.05, 0.1) is 30.8 Å². The molecular formula is C27H30N2O5S. The topological polar surface area (TPSA) is 84.9 Å². The lowest BCUT2D eigenvalue weighted by molar-refractivity contribution is -0.120. The molecule has 1 aliphatic rings. The van der Waals surface area contributed by atoms with Crippen molar-refractivity contribution < 1.29 is 22.7 Å². The molecule has 8 heteroatoms. The summed E-state index contributed by atoms with van der Waals surface area (Å²) in [6.07, 6.45) is 2.74. The van der Waals surface area contributed by atoms with Crippen molar-refractivity contribution in [3.63, 3.8) is 0 Å². The molecule has 3 aromatic rings. The van der Waals surface area contributed by atoms with E-state index in [1.165, 1.54) is 19.8 Å². The van der Waals surface area contributed by atoms with Gasteiger partial charge in [-0.05, 0) is 61.6 Å². The van der Waals surface area contributed by atoms with Crippen LogP contribution in [0.4, 0.5) is 5.69 Å². The molecule has 1 aliphatic carbocycles. The van der Waals surface area contributed by atoms with E-state index in [2.05, 4.69) is 11.4 Å². The highest BCUT2D eigenvalue weighted by molar-refractivity contribution is 7.92. The summed E-state index contributed by atoms with van der Waals surface area (Å²) < 4.78 is 39.2. The molecule has 0 saturated heterocycles. The zero-order chi connectivity index (χ0) is 25.0. The third-order valence-corrected chi connectivity index (χ3v) is 8.04. The number of benzene rings is 3. The van der Waals surface area contributed by atoms with Gasteiger partial charge in [0.25, 0.3) is 10.0 Å². The minimum Gasteiger partial charge on any atom is -0.493 e. The predicted molar refractivity (Wildman–Crippen MR) is 136 cm³/mol. The van der Waals surface area contributed by atoms with E-state index in [9.17, 15) is 13.2 Å². The van der Waals surface area contributed by atoms with Crippen molar-refractivity contribution in [1.82, 2.24) is 5.32 Å². The second-order valence-electron chi connectivity index (χ2n) is 8.58. The van der Waals surface area contributed by atoms with Crippen LogP contribution in [-0.4, -0.2) is 35.1 Å². The zero-order valence-corrected chi connectivity index (χ0v) is 21.0. The molecule has 0 fully saturated rings. The average molecular weight is 495 g/mol. The molecule has 1 N–H and O–H groups in total. The Morgan fingerprint density at radius 2 is 1.71 bits per heavy atom. The number of fused-ring (bicyclic) bond motifs is 1. The third-order valence-electron chi connectivity index (χ3n) is 6.26. The number of carbonyl (C=O) groups is 1. The van der Waals surface area contributed by atoms with Gasteiger partial charge in [0.2, 0.25) is 5.91 Å². The zero-order valence-electron chi connectivity index (χ0n) is 20.2. The van der Waals surface area contributed by atoms with E-state index in [1.54, 1.807) is 42.5 Å². The third kappa shape index (κ3) is 5.27. The van der Waals surface area contributed by atoms with Crippen molar-refractivity contribution in [3.05, 3.63) is 83.4 Å². The molecule has 0 bridgehead atoms. The van der Waals surface area contributed by atoms with Gasteiger partial charge >= 0.3 is 0 Å². The van der Waals surface area contributed by atoms with Crippen LogP contribution in [0.25, 0.3) is 0 Å². The molecule has 35 heavy (non-hydrogen) atoms. The quantitative estimate of drug-likeness (QED) is 0.502. The number of sulfonamides is 1. The summed E-state index contributed by atoms with van der Waals surface area (Å²) in [7, 11) is -1.05. The largest absolute Gasteiger partial charge is 0.493 e. The van der Waals surface area contributed by atoms with Crippen LogP contribution in [0, 0.1) is 6.92 Å². The first-order chi connectivity index (χ1) is 16.8. The summed E-state index contributed by atoms with van der Waals surface area (Å²) >= 11 is 0. The molecule has 7 nitrogen and oxygen atoms in total.